The molecule has 8 nitrogen and oxygen atoms in total. The van der Waals surface area contributed by atoms with E-state index in [4.69, 9.17) is 11.6 Å². The van der Waals surface area contributed by atoms with Crippen molar-refractivity contribution in [1.82, 2.24) is 15.4 Å². The first-order valence-corrected chi connectivity index (χ1v) is 13.5. The third kappa shape index (κ3) is 4.79. The monoisotopic (exact) mass is 533 g/mol. The molecule has 4 N–H and O–H groups in total. The molecule has 1 fully saturated rings. The number of benzene rings is 2. The number of rotatable bonds is 9. The van der Waals surface area contributed by atoms with Crippen LogP contribution < -0.4 is 15.4 Å². The number of carbonyl (C=O) groups excluding carboxylic acids is 1. The van der Waals surface area contributed by atoms with Crippen molar-refractivity contribution in [3.63, 3.8) is 0 Å². The molecule has 2 aromatic carbocycles. The Morgan fingerprint density at radius 2 is 1.71 bits per heavy atom. The molecule has 184 valence electrons. The predicted molar refractivity (Wildman–Crippen MR) is 135 cm³/mol. The van der Waals surface area contributed by atoms with Gasteiger partial charge in [-0.25, -0.2) is 13.2 Å². The standard InChI is InChI=1S/C24H24ClN3O5S2/c1-2-26-22(31)27-15-23(17-6-4-3-5-7-17)14-24(23,21(29)30)28-35(32,33)20-13-12-19(34-20)16-8-10-18(25)11-9-16/h3-13,28H,2,14-15H2,1H3,(H,29,30)(H2,26,27,31). The highest BCUT2D eigenvalue weighted by molar-refractivity contribution is 7.91. The number of sulfonamides is 1. The van der Waals surface area contributed by atoms with Gasteiger partial charge < -0.3 is 15.7 Å². The molecule has 0 radical (unpaired) electrons. The molecule has 3 aromatic rings. The SMILES string of the molecule is CCNC(=O)NCC1(c2ccccc2)CC1(NS(=O)(=O)c1ccc(-c2ccc(Cl)cc2)s1)C(=O)O. The number of carbonyl (C=O) groups is 2. The van der Waals surface area contributed by atoms with Crippen LogP contribution in [0.5, 0.6) is 0 Å². The van der Waals surface area contributed by atoms with Gasteiger partial charge in [0.05, 0.1) is 0 Å². The van der Waals surface area contributed by atoms with E-state index in [2.05, 4.69) is 15.4 Å². The summed E-state index contributed by atoms with van der Waals surface area (Å²) in [5.74, 6) is -1.31. The number of halogens is 1. The fraction of sp³-hybridized carbons (Fsp3) is 0.250. The second-order valence-electron chi connectivity index (χ2n) is 8.28. The number of nitrogens with one attached hydrogen (secondary N) is 3. The van der Waals surface area contributed by atoms with Crippen molar-refractivity contribution in [1.29, 1.82) is 0 Å². The number of thiophene rings is 1. The Morgan fingerprint density at radius 1 is 1.03 bits per heavy atom. The van der Waals surface area contributed by atoms with E-state index >= 15 is 0 Å². The second kappa shape index (κ2) is 9.62. The lowest BCUT2D eigenvalue weighted by molar-refractivity contribution is -0.140. The maximum Gasteiger partial charge on any atom is 0.325 e. The Labute approximate surface area is 212 Å². The van der Waals surface area contributed by atoms with Gasteiger partial charge in [0.2, 0.25) is 0 Å². The summed E-state index contributed by atoms with van der Waals surface area (Å²) in [5, 5.41) is 16.1. The summed E-state index contributed by atoms with van der Waals surface area (Å²) in [5.41, 5.74) is -1.56. The van der Waals surface area contributed by atoms with Crippen LogP contribution in [0, 0.1) is 0 Å². The van der Waals surface area contributed by atoms with E-state index < -0.39 is 33.0 Å². The normalized spacial score (nSPS) is 21.3. The number of amides is 2. The molecule has 1 heterocycles. The summed E-state index contributed by atoms with van der Waals surface area (Å²) in [6, 6.07) is 18.4. The molecular weight excluding hydrogens is 510 g/mol. The Morgan fingerprint density at radius 3 is 2.34 bits per heavy atom. The van der Waals surface area contributed by atoms with Crippen molar-refractivity contribution in [3.05, 3.63) is 77.3 Å². The fourth-order valence-electron chi connectivity index (χ4n) is 4.26. The van der Waals surface area contributed by atoms with Crippen LogP contribution >= 0.6 is 22.9 Å². The topological polar surface area (TPSA) is 125 Å². The second-order valence-corrected chi connectivity index (χ2v) is 11.7. The first-order chi connectivity index (χ1) is 16.6. The van der Waals surface area contributed by atoms with Crippen molar-refractivity contribution in [2.24, 2.45) is 0 Å². The number of carboxylic acid groups (broad SMARTS) is 1. The van der Waals surface area contributed by atoms with Gasteiger partial charge in [0.1, 0.15) is 9.75 Å². The maximum atomic E-state index is 13.4. The lowest BCUT2D eigenvalue weighted by Gasteiger charge is -2.24. The number of hydrogen-bond donors (Lipinski definition) is 4. The van der Waals surface area contributed by atoms with Crippen molar-refractivity contribution in [3.8, 4) is 10.4 Å². The summed E-state index contributed by atoms with van der Waals surface area (Å²) in [7, 11) is -4.19. The van der Waals surface area contributed by atoms with Crippen LogP contribution in [0.1, 0.15) is 18.9 Å². The number of carboxylic acids is 1. The fourth-order valence-corrected chi connectivity index (χ4v) is 7.12. The molecule has 2 unspecified atom stereocenters. The highest BCUT2D eigenvalue weighted by Gasteiger charge is 2.74. The highest BCUT2D eigenvalue weighted by atomic mass is 35.5. The van der Waals surface area contributed by atoms with Gasteiger partial charge in [0, 0.05) is 28.4 Å². The molecule has 1 saturated carbocycles. The summed E-state index contributed by atoms with van der Waals surface area (Å²) in [6.45, 7) is 2.10. The first-order valence-electron chi connectivity index (χ1n) is 10.8. The zero-order chi connectivity index (χ0) is 25.3. The Hall–Kier alpha value is -2.92. The number of hydrogen-bond acceptors (Lipinski definition) is 5. The van der Waals surface area contributed by atoms with E-state index in [-0.39, 0.29) is 17.2 Å². The van der Waals surface area contributed by atoms with Gasteiger partial charge in [-0.1, -0.05) is 54.1 Å². The molecule has 11 heteroatoms. The quantitative estimate of drug-likeness (QED) is 0.333. The largest absolute Gasteiger partial charge is 0.480 e. The highest BCUT2D eigenvalue weighted by Crippen LogP contribution is 2.58. The Balaban J connectivity index is 1.66. The lowest BCUT2D eigenvalue weighted by Crippen LogP contribution is -2.52. The molecule has 0 bridgehead atoms. The van der Waals surface area contributed by atoms with E-state index in [1.165, 1.54) is 6.07 Å². The van der Waals surface area contributed by atoms with E-state index in [0.29, 0.717) is 22.0 Å². The minimum atomic E-state index is -4.19. The maximum absolute atomic E-state index is 13.4. The van der Waals surface area contributed by atoms with Crippen LogP contribution in [0.2, 0.25) is 5.02 Å². The molecule has 0 spiro atoms. The van der Waals surface area contributed by atoms with Gasteiger partial charge in [0.25, 0.3) is 10.0 Å². The van der Waals surface area contributed by atoms with Gasteiger partial charge in [-0.2, -0.15) is 4.72 Å². The molecule has 35 heavy (non-hydrogen) atoms. The molecule has 1 aliphatic carbocycles. The molecular formula is C24H24ClN3O5S2. The average Bonchev–Trinajstić information content (AvgIpc) is 3.21. The van der Waals surface area contributed by atoms with Crippen LogP contribution in [0.15, 0.2) is 70.9 Å². The van der Waals surface area contributed by atoms with Crippen LogP contribution in [0.25, 0.3) is 10.4 Å². The predicted octanol–water partition coefficient (Wildman–Crippen LogP) is 3.83. The minimum Gasteiger partial charge on any atom is -0.480 e. The molecule has 0 saturated heterocycles. The molecule has 1 aromatic heterocycles. The lowest BCUT2D eigenvalue weighted by atomic mass is 9.90. The number of urea groups is 1. The van der Waals surface area contributed by atoms with Gasteiger partial charge in [-0.3, -0.25) is 4.79 Å². The van der Waals surface area contributed by atoms with Gasteiger partial charge in [-0.05, 0) is 48.7 Å². The third-order valence-corrected chi connectivity index (χ3v) is 9.49. The van der Waals surface area contributed by atoms with E-state index in [1.54, 1.807) is 67.6 Å². The zero-order valence-electron chi connectivity index (χ0n) is 18.7. The first kappa shape index (κ1) is 25.2. The van der Waals surface area contributed by atoms with Gasteiger partial charge >= 0.3 is 12.0 Å². The van der Waals surface area contributed by atoms with Gasteiger partial charge in [0.15, 0.2) is 0 Å². The zero-order valence-corrected chi connectivity index (χ0v) is 21.1. The molecule has 1 aliphatic rings. The van der Waals surface area contributed by atoms with Crippen molar-refractivity contribution in [2.75, 3.05) is 13.1 Å². The number of aliphatic carboxylic acids is 1. The van der Waals surface area contributed by atoms with E-state index in [9.17, 15) is 23.1 Å². The van der Waals surface area contributed by atoms with Crippen LogP contribution in [0.4, 0.5) is 4.79 Å². The smallest absolute Gasteiger partial charge is 0.325 e. The average molecular weight is 534 g/mol. The van der Waals surface area contributed by atoms with Gasteiger partial charge in [-0.15, -0.1) is 11.3 Å². The molecule has 2 amide bonds. The summed E-state index contributed by atoms with van der Waals surface area (Å²) >= 11 is 6.97. The van der Waals surface area contributed by atoms with E-state index in [0.717, 1.165) is 16.9 Å². The third-order valence-electron chi connectivity index (χ3n) is 6.12. The summed E-state index contributed by atoms with van der Waals surface area (Å²) in [4.78, 5) is 25.3. The molecule has 4 rings (SSSR count). The van der Waals surface area contributed by atoms with Crippen molar-refractivity contribution >= 4 is 45.0 Å². The molecule has 2 atom stereocenters. The summed E-state index contributed by atoms with van der Waals surface area (Å²) in [6.07, 6.45) is -0.0135. The Kier molecular flexibility index (Phi) is 6.92. The van der Waals surface area contributed by atoms with Crippen LogP contribution in [-0.4, -0.2) is 44.2 Å². The van der Waals surface area contributed by atoms with Crippen LogP contribution in [-0.2, 0) is 20.2 Å². The minimum absolute atomic E-state index is 0.00591. The summed E-state index contributed by atoms with van der Waals surface area (Å²) < 4.78 is 29.2. The Bertz CT molecular complexity index is 1340. The van der Waals surface area contributed by atoms with Crippen LogP contribution in [0.3, 0.4) is 0 Å². The van der Waals surface area contributed by atoms with Crippen molar-refractivity contribution in [2.45, 2.75) is 28.5 Å². The van der Waals surface area contributed by atoms with E-state index in [1.807, 2.05) is 0 Å². The van der Waals surface area contributed by atoms with Crippen molar-refractivity contribution < 1.29 is 23.1 Å². The molecule has 0 aliphatic heterocycles.